The Bertz CT molecular complexity index is 746. The molecule has 3 unspecified atom stereocenters. The number of nitrogens with one attached hydrogen (secondary N) is 3. The second-order valence-electron chi connectivity index (χ2n) is 6.10. The number of aromatic amines is 2. The van der Waals surface area contributed by atoms with Crippen LogP contribution in [0.1, 0.15) is 24.1 Å². The first kappa shape index (κ1) is 15.2. The van der Waals surface area contributed by atoms with Gasteiger partial charge in [0.1, 0.15) is 0 Å². The summed E-state index contributed by atoms with van der Waals surface area (Å²) in [6.07, 6.45) is 2.17. The van der Waals surface area contributed by atoms with Gasteiger partial charge in [-0.05, 0) is 12.8 Å². The predicted octanol–water partition coefficient (Wildman–Crippen LogP) is 0.468. The predicted molar refractivity (Wildman–Crippen MR) is 91.0 cm³/mol. The van der Waals surface area contributed by atoms with E-state index in [0.29, 0.717) is 21.8 Å². The van der Waals surface area contributed by atoms with Crippen LogP contribution < -0.4 is 16.6 Å². The quantitative estimate of drug-likeness (QED) is 0.681. The van der Waals surface area contributed by atoms with Crippen molar-refractivity contribution < 1.29 is 4.79 Å². The van der Waals surface area contributed by atoms with Gasteiger partial charge in [0.2, 0.25) is 0 Å². The van der Waals surface area contributed by atoms with Gasteiger partial charge in [0.15, 0.2) is 0 Å². The number of hydrogen-bond donors (Lipinski definition) is 3. The lowest BCUT2D eigenvalue weighted by molar-refractivity contribution is 0.194. The molecule has 3 heterocycles. The standard InChI is InChI=1S/C14H18N4O3S2/c19-12-7-5-18(6-9(7)15-13(20)17-12)14(21)16-8-1-2-10-11(8)23-4-3-22-10/h8,10-11H,1-6H2,(H,16,21)(H2,15,17,19,20). The van der Waals surface area contributed by atoms with Crippen molar-refractivity contribution in [1.29, 1.82) is 0 Å². The van der Waals surface area contributed by atoms with Crippen LogP contribution in [0.5, 0.6) is 0 Å². The van der Waals surface area contributed by atoms with E-state index in [1.54, 1.807) is 4.90 Å². The topological polar surface area (TPSA) is 98.1 Å². The second-order valence-corrected chi connectivity index (χ2v) is 8.73. The highest BCUT2D eigenvalue weighted by Crippen LogP contribution is 2.42. The normalized spacial score (nSPS) is 29.2. The van der Waals surface area contributed by atoms with E-state index in [9.17, 15) is 14.4 Å². The summed E-state index contributed by atoms with van der Waals surface area (Å²) < 4.78 is 0. The minimum Gasteiger partial charge on any atom is -0.334 e. The number of thioether (sulfide) groups is 2. The average molecular weight is 354 g/mol. The zero-order valence-electron chi connectivity index (χ0n) is 12.5. The highest BCUT2D eigenvalue weighted by molar-refractivity contribution is 8.07. The molecule has 4 rings (SSSR count). The van der Waals surface area contributed by atoms with E-state index in [2.05, 4.69) is 15.3 Å². The number of rotatable bonds is 1. The van der Waals surface area contributed by atoms with Gasteiger partial charge in [-0.15, -0.1) is 0 Å². The number of urea groups is 1. The molecule has 0 aromatic carbocycles. The van der Waals surface area contributed by atoms with Crippen molar-refractivity contribution >= 4 is 29.6 Å². The Morgan fingerprint density at radius 1 is 1.13 bits per heavy atom. The number of aromatic nitrogens is 2. The summed E-state index contributed by atoms with van der Waals surface area (Å²) in [4.78, 5) is 42.1. The van der Waals surface area contributed by atoms with Crippen LogP contribution in [0.2, 0.25) is 0 Å². The Labute approximate surface area is 141 Å². The lowest BCUT2D eigenvalue weighted by atomic mass is 10.2. The van der Waals surface area contributed by atoms with Gasteiger partial charge < -0.3 is 15.2 Å². The smallest absolute Gasteiger partial charge is 0.325 e. The summed E-state index contributed by atoms with van der Waals surface area (Å²) in [5, 5.41) is 4.28. The van der Waals surface area contributed by atoms with Crippen molar-refractivity contribution in [2.45, 2.75) is 42.5 Å². The molecule has 2 aliphatic heterocycles. The molecule has 2 amide bonds. The van der Waals surface area contributed by atoms with Crippen LogP contribution in [0.3, 0.4) is 0 Å². The number of carbonyl (C=O) groups excluding carboxylic acids is 1. The molecule has 1 aromatic heterocycles. The van der Waals surface area contributed by atoms with Gasteiger partial charge in [0, 0.05) is 33.7 Å². The molecular weight excluding hydrogens is 336 g/mol. The maximum atomic E-state index is 12.5. The summed E-state index contributed by atoms with van der Waals surface area (Å²) >= 11 is 3.98. The maximum absolute atomic E-state index is 12.5. The van der Waals surface area contributed by atoms with Gasteiger partial charge in [-0.1, -0.05) is 0 Å². The molecule has 1 saturated carbocycles. The molecule has 1 aromatic rings. The monoisotopic (exact) mass is 354 g/mol. The van der Waals surface area contributed by atoms with Gasteiger partial charge >= 0.3 is 11.7 Å². The Morgan fingerprint density at radius 3 is 2.83 bits per heavy atom. The Hall–Kier alpha value is -1.35. The van der Waals surface area contributed by atoms with Crippen molar-refractivity contribution in [3.8, 4) is 0 Å². The molecule has 3 aliphatic rings. The van der Waals surface area contributed by atoms with Gasteiger partial charge in [0.25, 0.3) is 5.56 Å². The highest BCUT2D eigenvalue weighted by Gasteiger charge is 2.40. The minimum absolute atomic E-state index is 0.150. The van der Waals surface area contributed by atoms with Gasteiger partial charge in [-0.25, -0.2) is 9.59 Å². The van der Waals surface area contributed by atoms with Crippen LogP contribution in [0.15, 0.2) is 9.59 Å². The number of nitrogens with zero attached hydrogens (tertiary/aromatic N) is 1. The van der Waals surface area contributed by atoms with E-state index in [1.807, 2.05) is 23.5 Å². The minimum atomic E-state index is -0.523. The Morgan fingerprint density at radius 2 is 1.96 bits per heavy atom. The van der Waals surface area contributed by atoms with Crippen LogP contribution in [0.25, 0.3) is 0 Å². The first-order valence-corrected chi connectivity index (χ1v) is 9.84. The number of amides is 2. The molecule has 0 radical (unpaired) electrons. The largest absolute Gasteiger partial charge is 0.334 e. The molecule has 23 heavy (non-hydrogen) atoms. The second kappa shape index (κ2) is 5.94. The summed E-state index contributed by atoms with van der Waals surface area (Å²) in [7, 11) is 0. The van der Waals surface area contributed by atoms with Crippen molar-refractivity contribution in [1.82, 2.24) is 20.2 Å². The Balaban J connectivity index is 1.44. The zero-order chi connectivity index (χ0) is 16.0. The van der Waals surface area contributed by atoms with E-state index in [-0.39, 0.29) is 25.2 Å². The van der Waals surface area contributed by atoms with Crippen LogP contribution in [0, 0.1) is 0 Å². The third-order valence-electron chi connectivity index (χ3n) is 4.67. The number of H-pyrrole nitrogens is 2. The molecule has 0 bridgehead atoms. The van der Waals surface area contributed by atoms with Crippen molar-refractivity contribution in [3.05, 3.63) is 32.1 Å². The maximum Gasteiger partial charge on any atom is 0.325 e. The number of hydrogen-bond acceptors (Lipinski definition) is 5. The summed E-state index contributed by atoms with van der Waals surface area (Å²) in [5.74, 6) is 2.34. The molecular formula is C14H18N4O3S2. The zero-order valence-corrected chi connectivity index (χ0v) is 14.1. The lowest BCUT2D eigenvalue weighted by Gasteiger charge is -2.29. The first-order valence-electron chi connectivity index (χ1n) is 7.75. The SMILES string of the molecule is O=C(NC1CCC2SCCSC12)N1Cc2[nH]c(=O)[nH]c(=O)c2C1. The molecule has 124 valence electrons. The van der Waals surface area contributed by atoms with Gasteiger partial charge in [-0.2, -0.15) is 23.5 Å². The summed E-state index contributed by atoms with van der Waals surface area (Å²) in [6.45, 7) is 0.527. The fraction of sp³-hybridized carbons (Fsp3) is 0.643. The Kier molecular flexibility index (Phi) is 3.92. The summed E-state index contributed by atoms with van der Waals surface area (Å²) in [5.41, 5.74) is 0.0944. The average Bonchev–Trinajstić information content (AvgIpc) is 3.12. The van der Waals surface area contributed by atoms with E-state index in [4.69, 9.17) is 0 Å². The summed E-state index contributed by atoms with van der Waals surface area (Å²) in [6, 6.07) is 0.0506. The molecule has 2 fully saturated rings. The third-order valence-corrected chi connectivity index (χ3v) is 7.98. The van der Waals surface area contributed by atoms with E-state index < -0.39 is 11.2 Å². The van der Waals surface area contributed by atoms with Crippen molar-refractivity contribution in [2.24, 2.45) is 0 Å². The number of carbonyl (C=O) groups is 1. The molecule has 0 spiro atoms. The van der Waals surface area contributed by atoms with Crippen LogP contribution in [-0.2, 0) is 13.1 Å². The molecule has 1 saturated heterocycles. The lowest BCUT2D eigenvalue weighted by Crippen LogP contribution is -2.47. The van der Waals surface area contributed by atoms with E-state index in [0.717, 1.165) is 18.6 Å². The fourth-order valence-electron chi connectivity index (χ4n) is 3.56. The first-order chi connectivity index (χ1) is 11.1. The molecule has 3 atom stereocenters. The molecule has 1 aliphatic carbocycles. The molecule has 3 N–H and O–H groups in total. The van der Waals surface area contributed by atoms with Crippen molar-refractivity contribution in [2.75, 3.05) is 11.5 Å². The number of fused-ring (bicyclic) bond motifs is 2. The van der Waals surface area contributed by atoms with Crippen LogP contribution >= 0.6 is 23.5 Å². The van der Waals surface area contributed by atoms with Crippen molar-refractivity contribution in [3.63, 3.8) is 0 Å². The van der Waals surface area contributed by atoms with Gasteiger partial charge in [0.05, 0.1) is 18.7 Å². The third kappa shape index (κ3) is 2.80. The van der Waals surface area contributed by atoms with E-state index in [1.165, 1.54) is 5.75 Å². The van der Waals surface area contributed by atoms with Gasteiger partial charge in [-0.3, -0.25) is 9.78 Å². The highest BCUT2D eigenvalue weighted by atomic mass is 32.2. The van der Waals surface area contributed by atoms with Crippen LogP contribution in [-0.4, -0.2) is 48.9 Å². The fourth-order valence-corrected chi connectivity index (χ4v) is 6.85. The van der Waals surface area contributed by atoms with Crippen LogP contribution in [0.4, 0.5) is 4.79 Å². The molecule has 7 nitrogen and oxygen atoms in total. The van der Waals surface area contributed by atoms with E-state index >= 15 is 0 Å². The molecule has 9 heteroatoms.